The highest BCUT2D eigenvalue weighted by atomic mass is 32.1. The van der Waals surface area contributed by atoms with Crippen LogP contribution in [0.25, 0.3) is 0 Å². The normalized spacial score (nSPS) is 10.8. The van der Waals surface area contributed by atoms with Crippen molar-refractivity contribution in [3.05, 3.63) is 35.9 Å². The smallest absolute Gasteiger partial charge is 0.407 e. The van der Waals surface area contributed by atoms with Crippen molar-refractivity contribution >= 4 is 56.5 Å². The monoisotopic (exact) mass is 540 g/mol. The molecule has 0 heterocycles. The third-order valence-corrected chi connectivity index (χ3v) is 3.66. The van der Waals surface area contributed by atoms with Gasteiger partial charge in [0, 0.05) is 12.1 Å². The molecule has 0 saturated carbocycles. The Balaban J connectivity index is -0.000000394. The largest absolute Gasteiger partial charge is 0.480 e. The molecule has 0 spiro atoms. The molecule has 1 aromatic rings. The van der Waals surface area contributed by atoms with Crippen molar-refractivity contribution in [3.63, 3.8) is 0 Å². The first-order chi connectivity index (χ1) is 15.7. The second-order valence-electron chi connectivity index (χ2n) is 7.76. The van der Waals surface area contributed by atoms with E-state index in [1.54, 1.807) is 0 Å². The predicted octanol–water partition coefficient (Wildman–Crippen LogP) is 3.50. The second kappa shape index (κ2) is 23.1. The van der Waals surface area contributed by atoms with Gasteiger partial charge < -0.3 is 20.3 Å². The summed E-state index contributed by atoms with van der Waals surface area (Å²) in [5.74, 6) is -1.80. The number of nitrogens with one attached hydrogen (secondary N) is 4. The number of amides is 1. The van der Waals surface area contributed by atoms with Crippen LogP contribution in [0.1, 0.15) is 59.6 Å². The molecule has 0 aliphatic carbocycles. The summed E-state index contributed by atoms with van der Waals surface area (Å²) in [6.07, 6.45) is 0.709. The van der Waals surface area contributed by atoms with Crippen LogP contribution in [0.3, 0.4) is 0 Å². The minimum absolute atomic E-state index is 0.0941. The van der Waals surface area contributed by atoms with Gasteiger partial charge in [0.05, 0.1) is 0 Å². The zero-order valence-corrected chi connectivity index (χ0v) is 23.2. The summed E-state index contributed by atoms with van der Waals surface area (Å²) in [7, 11) is 0. The summed E-state index contributed by atoms with van der Waals surface area (Å²) in [5, 5.41) is 18.2. The van der Waals surface area contributed by atoms with Gasteiger partial charge >= 0.3 is 18.0 Å². The molecular weight excluding hydrogens is 500 g/mol. The molecule has 1 unspecified atom stereocenters. The van der Waals surface area contributed by atoms with Crippen LogP contribution in [0, 0.1) is 0 Å². The molecule has 0 aliphatic heterocycles. The Morgan fingerprint density at radius 3 is 1.62 bits per heavy atom. The number of carbonyl (C=O) groups excluding carboxylic acids is 1. The van der Waals surface area contributed by atoms with Crippen LogP contribution >= 0.6 is 38.4 Å². The zero-order valence-electron chi connectivity index (χ0n) is 20.5. The Hall–Kier alpha value is -1.64. The maximum atomic E-state index is 10.9. The van der Waals surface area contributed by atoms with Gasteiger partial charge in [-0.3, -0.25) is 23.8 Å². The van der Waals surface area contributed by atoms with Gasteiger partial charge in [0.2, 0.25) is 0 Å². The van der Waals surface area contributed by atoms with E-state index in [1.807, 2.05) is 52.8 Å². The quantitative estimate of drug-likeness (QED) is 0.226. The van der Waals surface area contributed by atoms with Crippen molar-refractivity contribution in [2.45, 2.75) is 65.6 Å². The molecule has 0 aromatic heterocycles. The van der Waals surface area contributed by atoms with Crippen molar-refractivity contribution in [1.29, 1.82) is 0 Å². The number of benzene rings is 1. The lowest BCUT2D eigenvalue weighted by Crippen LogP contribution is -2.36. The van der Waals surface area contributed by atoms with Gasteiger partial charge in [-0.05, 0) is 46.6 Å². The van der Waals surface area contributed by atoms with Crippen LogP contribution in [0.15, 0.2) is 30.3 Å². The number of aliphatic carboxylic acids is 2. The molecule has 198 valence electrons. The fourth-order valence-electron chi connectivity index (χ4n) is 1.77. The van der Waals surface area contributed by atoms with Crippen molar-refractivity contribution in [2.24, 2.45) is 0 Å². The van der Waals surface area contributed by atoms with Crippen LogP contribution in [-0.2, 0) is 14.3 Å². The fourth-order valence-corrected chi connectivity index (χ4v) is 2.37. The minimum atomic E-state index is -0.898. The van der Waals surface area contributed by atoms with Crippen LogP contribution in [0.4, 0.5) is 4.79 Å². The Morgan fingerprint density at radius 1 is 0.941 bits per heavy atom. The lowest BCUT2D eigenvalue weighted by Gasteiger charge is -2.20. The molecule has 0 aliphatic rings. The van der Waals surface area contributed by atoms with E-state index in [2.05, 4.69) is 77.0 Å². The molecule has 10 nitrogen and oxygen atoms in total. The van der Waals surface area contributed by atoms with E-state index < -0.39 is 17.5 Å². The number of rotatable bonds is 8. The highest BCUT2D eigenvalue weighted by molar-refractivity contribution is 7.78. The van der Waals surface area contributed by atoms with Crippen molar-refractivity contribution in [3.8, 4) is 0 Å². The van der Waals surface area contributed by atoms with Gasteiger partial charge in [0.15, 0.2) is 0 Å². The van der Waals surface area contributed by atoms with Gasteiger partial charge in [-0.15, -0.1) is 0 Å². The van der Waals surface area contributed by atoms with Gasteiger partial charge in [0.1, 0.15) is 18.7 Å². The van der Waals surface area contributed by atoms with Crippen molar-refractivity contribution in [2.75, 3.05) is 13.1 Å². The first-order valence-electron chi connectivity index (χ1n) is 10.3. The van der Waals surface area contributed by atoms with Gasteiger partial charge in [-0.25, -0.2) is 4.79 Å². The molecule has 0 fully saturated rings. The summed E-state index contributed by atoms with van der Waals surface area (Å²) >= 11 is 10.9. The summed E-state index contributed by atoms with van der Waals surface area (Å²) in [4.78, 5) is 29.9. The van der Waals surface area contributed by atoms with Gasteiger partial charge in [-0.2, -0.15) is 0 Å². The molecule has 0 radical (unpaired) electrons. The molecule has 34 heavy (non-hydrogen) atoms. The highest BCUT2D eigenvalue weighted by Gasteiger charge is 2.16. The standard InChI is InChI=1S/C9H13NS.C8H17NO2.2C2H5NO2S/c1-2-9(10-11)8-6-4-3-5-7-8;1-6(2)9-7(10)11-8(3,4)5;2*4-2(5)1-3-6/h3-7,9-11H,2H2,1H3;6H,1-5H3,(H,9,10);2*3,6H,1H2,(H,4,5). The molecule has 13 heteroatoms. The van der Waals surface area contributed by atoms with Gasteiger partial charge in [0.25, 0.3) is 0 Å². The number of hydrogen-bond donors (Lipinski definition) is 9. The number of thiol groups is 3. The summed E-state index contributed by atoms with van der Waals surface area (Å²) in [5.41, 5.74) is 0.893. The second-order valence-corrected chi connectivity index (χ2v) is 8.65. The Morgan fingerprint density at radius 2 is 1.38 bits per heavy atom. The lowest BCUT2D eigenvalue weighted by molar-refractivity contribution is -0.136. The molecule has 1 amide bonds. The zero-order chi connectivity index (χ0) is 27.2. The molecule has 1 aromatic carbocycles. The Bertz CT molecular complexity index is 642. The summed E-state index contributed by atoms with van der Waals surface area (Å²) < 4.78 is 12.3. The molecule has 0 bridgehead atoms. The SMILES string of the molecule is CC(C)NC(=O)OC(C)(C)C.CCC(NS)c1ccccc1.O=C(O)CNS.O=C(O)CNS. The lowest BCUT2D eigenvalue weighted by atomic mass is 10.1. The van der Waals surface area contributed by atoms with E-state index in [4.69, 9.17) is 14.9 Å². The number of carboxylic acids is 2. The maximum Gasteiger partial charge on any atom is 0.407 e. The Kier molecular flexibility index (Phi) is 25.1. The first kappa shape index (κ1) is 36.9. The van der Waals surface area contributed by atoms with Crippen LogP contribution in [0.5, 0.6) is 0 Å². The van der Waals surface area contributed by atoms with E-state index in [-0.39, 0.29) is 25.2 Å². The predicted molar refractivity (Wildman–Crippen MR) is 145 cm³/mol. The van der Waals surface area contributed by atoms with Gasteiger partial charge in [-0.1, -0.05) is 75.7 Å². The molecule has 6 N–H and O–H groups in total. The van der Waals surface area contributed by atoms with Crippen molar-refractivity contribution in [1.82, 2.24) is 19.5 Å². The third-order valence-electron chi connectivity index (χ3n) is 3.03. The number of alkyl carbamates (subject to hydrolysis) is 1. The molecule has 0 saturated heterocycles. The number of carboxylic acid groups (broad SMARTS) is 2. The third kappa shape index (κ3) is 30.4. The molecule has 1 atom stereocenters. The van der Waals surface area contributed by atoms with E-state index in [1.165, 1.54) is 5.56 Å². The van der Waals surface area contributed by atoms with E-state index >= 15 is 0 Å². The summed E-state index contributed by atoms with van der Waals surface area (Å²) in [6, 6.07) is 10.8. The van der Waals surface area contributed by atoms with Crippen LogP contribution in [-0.4, -0.2) is 53.0 Å². The molecule has 1 rings (SSSR count). The minimum Gasteiger partial charge on any atom is -0.480 e. The Labute approximate surface area is 219 Å². The average molecular weight is 541 g/mol. The van der Waals surface area contributed by atoms with E-state index in [0.29, 0.717) is 6.04 Å². The highest BCUT2D eigenvalue weighted by Crippen LogP contribution is 2.15. The maximum absolute atomic E-state index is 10.9. The van der Waals surface area contributed by atoms with E-state index in [9.17, 15) is 14.4 Å². The average Bonchev–Trinajstić information content (AvgIpc) is 2.69. The van der Waals surface area contributed by atoms with E-state index in [0.717, 1.165) is 6.42 Å². The van der Waals surface area contributed by atoms with Crippen molar-refractivity contribution < 1.29 is 29.3 Å². The van der Waals surface area contributed by atoms with Crippen LogP contribution in [0.2, 0.25) is 0 Å². The fraction of sp³-hybridized carbons (Fsp3) is 0.571. The summed E-state index contributed by atoms with van der Waals surface area (Å²) in [6.45, 7) is 11.3. The topological polar surface area (TPSA) is 149 Å². The first-order valence-corrected chi connectivity index (χ1v) is 11.7. The number of ether oxygens (including phenoxy) is 1. The molecular formula is C21H40N4O6S3. The number of carbonyl (C=O) groups is 3. The number of hydrogen-bond acceptors (Lipinski definition) is 10. The van der Waals surface area contributed by atoms with Crippen LogP contribution < -0.4 is 19.5 Å².